The van der Waals surface area contributed by atoms with Crippen molar-refractivity contribution in [2.24, 2.45) is 29.1 Å². The SMILES string of the molecule is Cc1ccc2c(c1)[C@@]1(C)CC[C@@H](C)C(C(=O)NC(=O)[C@@]3(C)CCC[C@]4(C)c5cc(O)ccc5CC[C@@H]34)[C@@H]1CC2. The Labute approximate surface area is 234 Å². The number of phenolic OH excluding ortho intramolecular Hbond substituents is 1. The summed E-state index contributed by atoms with van der Waals surface area (Å²) in [6.45, 7) is 11.1. The van der Waals surface area contributed by atoms with Crippen LogP contribution in [0.4, 0.5) is 0 Å². The highest BCUT2D eigenvalue weighted by atomic mass is 16.3. The van der Waals surface area contributed by atoms with E-state index >= 15 is 0 Å². The van der Waals surface area contributed by atoms with Gasteiger partial charge in [0.25, 0.3) is 0 Å². The summed E-state index contributed by atoms with van der Waals surface area (Å²) < 4.78 is 0. The molecule has 6 rings (SSSR count). The molecule has 7 atom stereocenters. The van der Waals surface area contributed by atoms with Crippen LogP contribution in [0.3, 0.4) is 0 Å². The van der Waals surface area contributed by atoms with E-state index in [0.29, 0.717) is 5.75 Å². The summed E-state index contributed by atoms with van der Waals surface area (Å²) in [6.07, 6.45) is 8.69. The summed E-state index contributed by atoms with van der Waals surface area (Å²) in [5.74, 6) is 0.651. The van der Waals surface area contributed by atoms with Crippen LogP contribution in [0, 0.1) is 36.0 Å². The highest BCUT2D eigenvalue weighted by molar-refractivity contribution is 5.99. The molecule has 2 amide bonds. The van der Waals surface area contributed by atoms with Crippen molar-refractivity contribution in [2.75, 3.05) is 0 Å². The molecule has 2 N–H and O–H groups in total. The lowest BCUT2D eigenvalue weighted by Crippen LogP contribution is -2.58. The second-order valence-electron chi connectivity index (χ2n) is 14.2. The number of carbonyl (C=O) groups excluding carboxylic acids is 2. The summed E-state index contributed by atoms with van der Waals surface area (Å²) >= 11 is 0. The van der Waals surface area contributed by atoms with E-state index < -0.39 is 5.41 Å². The van der Waals surface area contributed by atoms with Gasteiger partial charge in [-0.15, -0.1) is 0 Å². The van der Waals surface area contributed by atoms with Gasteiger partial charge < -0.3 is 5.11 Å². The molecule has 0 saturated heterocycles. The standard InChI is InChI=1S/C35H45NO3/c1-21-7-8-23-10-13-26-30(22(2)15-18-33(26,3)27(23)19-21)31(38)36-32(39)35(5)17-6-16-34(4)28-20-25(37)12-9-24(28)11-14-29(34)35/h7-9,12,19-20,22,26,29-30,37H,6,10-11,13-18H2,1-5H3,(H,36,38,39)/t22-,26+,29-,30?,33+,34-,35+/m1/s1. The number of imide groups is 1. The van der Waals surface area contributed by atoms with Crippen LogP contribution in [0.25, 0.3) is 0 Å². The smallest absolute Gasteiger partial charge is 0.232 e. The Hall–Kier alpha value is -2.62. The Bertz CT molecular complexity index is 1330. The maximum Gasteiger partial charge on any atom is 0.232 e. The molecule has 4 aliphatic carbocycles. The van der Waals surface area contributed by atoms with Crippen LogP contribution >= 0.6 is 0 Å². The first-order chi connectivity index (χ1) is 18.5. The molecule has 0 heterocycles. The number of aromatic hydroxyl groups is 1. The lowest BCUT2D eigenvalue weighted by molar-refractivity contribution is -0.147. The summed E-state index contributed by atoms with van der Waals surface area (Å²) in [5.41, 5.74) is 5.80. The average Bonchev–Trinajstić information content (AvgIpc) is 2.89. The largest absolute Gasteiger partial charge is 0.508 e. The number of fused-ring (bicyclic) bond motifs is 6. The third-order valence-electron chi connectivity index (χ3n) is 12.0. The van der Waals surface area contributed by atoms with Gasteiger partial charge in [-0.25, -0.2) is 0 Å². The molecule has 0 bridgehead atoms. The molecule has 2 fully saturated rings. The van der Waals surface area contributed by atoms with Crippen molar-refractivity contribution in [3.63, 3.8) is 0 Å². The number of aryl methyl sites for hydroxylation is 3. The van der Waals surface area contributed by atoms with Gasteiger partial charge in [-0.1, -0.05) is 63.9 Å². The van der Waals surface area contributed by atoms with E-state index in [1.54, 1.807) is 6.07 Å². The summed E-state index contributed by atoms with van der Waals surface area (Å²) in [5, 5.41) is 13.3. The van der Waals surface area contributed by atoms with Crippen LogP contribution < -0.4 is 5.32 Å². The predicted molar refractivity (Wildman–Crippen MR) is 155 cm³/mol. The first-order valence-electron chi connectivity index (χ1n) is 15.2. The van der Waals surface area contributed by atoms with Crippen LogP contribution in [-0.4, -0.2) is 16.9 Å². The highest BCUT2D eigenvalue weighted by Crippen LogP contribution is 2.58. The molecular formula is C35H45NO3. The van der Waals surface area contributed by atoms with Crippen molar-refractivity contribution in [1.29, 1.82) is 0 Å². The first-order valence-corrected chi connectivity index (χ1v) is 15.2. The fourth-order valence-electron chi connectivity index (χ4n) is 9.77. The quantitative estimate of drug-likeness (QED) is 0.417. The molecule has 4 heteroatoms. The first kappa shape index (κ1) is 26.6. The molecule has 208 valence electrons. The van der Waals surface area contributed by atoms with Gasteiger partial charge in [0, 0.05) is 5.92 Å². The lowest BCUT2D eigenvalue weighted by atomic mass is 9.49. The van der Waals surface area contributed by atoms with Crippen molar-refractivity contribution in [3.05, 3.63) is 64.2 Å². The predicted octanol–water partition coefficient (Wildman–Crippen LogP) is 6.92. The van der Waals surface area contributed by atoms with Crippen LogP contribution in [0.15, 0.2) is 36.4 Å². The Morgan fingerprint density at radius 1 is 0.872 bits per heavy atom. The number of nitrogens with one attached hydrogen (secondary N) is 1. The van der Waals surface area contributed by atoms with Gasteiger partial charge in [0.15, 0.2) is 0 Å². The second kappa shape index (κ2) is 9.21. The van der Waals surface area contributed by atoms with Gasteiger partial charge >= 0.3 is 0 Å². The fraction of sp³-hybridized carbons (Fsp3) is 0.600. The minimum Gasteiger partial charge on any atom is -0.508 e. The number of amides is 2. The summed E-state index contributed by atoms with van der Waals surface area (Å²) in [4.78, 5) is 28.3. The van der Waals surface area contributed by atoms with E-state index in [9.17, 15) is 14.7 Å². The molecular weight excluding hydrogens is 482 g/mol. The third-order valence-corrected chi connectivity index (χ3v) is 12.0. The number of rotatable bonds is 2. The Morgan fingerprint density at radius 2 is 1.56 bits per heavy atom. The molecule has 4 nitrogen and oxygen atoms in total. The molecule has 39 heavy (non-hydrogen) atoms. The van der Waals surface area contributed by atoms with Crippen molar-refractivity contribution in [1.82, 2.24) is 5.32 Å². The lowest BCUT2D eigenvalue weighted by Gasteiger charge is -2.55. The van der Waals surface area contributed by atoms with E-state index in [2.05, 4.69) is 58.1 Å². The van der Waals surface area contributed by atoms with E-state index in [4.69, 9.17) is 0 Å². The minimum absolute atomic E-state index is 0.0282. The van der Waals surface area contributed by atoms with Crippen molar-refractivity contribution in [3.8, 4) is 5.75 Å². The van der Waals surface area contributed by atoms with Crippen LogP contribution in [0.5, 0.6) is 5.75 Å². The van der Waals surface area contributed by atoms with E-state index in [1.165, 1.54) is 27.8 Å². The maximum absolute atomic E-state index is 14.2. The topological polar surface area (TPSA) is 66.4 Å². The van der Waals surface area contributed by atoms with Gasteiger partial charge in [0.2, 0.25) is 11.8 Å². The summed E-state index contributed by atoms with van der Waals surface area (Å²) in [6, 6.07) is 12.6. The Morgan fingerprint density at radius 3 is 2.33 bits per heavy atom. The minimum atomic E-state index is -0.608. The second-order valence-corrected chi connectivity index (χ2v) is 14.2. The average molecular weight is 528 g/mol. The molecule has 0 aliphatic heterocycles. The molecule has 4 aliphatic rings. The Balaban J connectivity index is 1.27. The number of benzene rings is 2. The van der Waals surface area contributed by atoms with Gasteiger partial charge in [-0.2, -0.15) is 0 Å². The Kier molecular flexibility index (Phi) is 6.28. The molecule has 2 aromatic carbocycles. The monoisotopic (exact) mass is 527 g/mol. The third kappa shape index (κ3) is 3.99. The van der Waals surface area contributed by atoms with Crippen LogP contribution in [-0.2, 0) is 33.3 Å². The van der Waals surface area contributed by atoms with E-state index in [0.717, 1.165) is 57.8 Å². The van der Waals surface area contributed by atoms with Gasteiger partial charge in [-0.05, 0) is 121 Å². The molecule has 1 unspecified atom stereocenters. The highest BCUT2D eigenvalue weighted by Gasteiger charge is 2.56. The van der Waals surface area contributed by atoms with E-state index in [1.807, 2.05) is 12.1 Å². The van der Waals surface area contributed by atoms with Crippen LogP contribution in [0.2, 0.25) is 0 Å². The van der Waals surface area contributed by atoms with Gasteiger partial charge in [0.05, 0.1) is 5.41 Å². The number of hydrogen-bond donors (Lipinski definition) is 2. The maximum atomic E-state index is 14.2. The van der Waals surface area contributed by atoms with Gasteiger partial charge in [-0.3, -0.25) is 14.9 Å². The summed E-state index contributed by atoms with van der Waals surface area (Å²) in [7, 11) is 0. The van der Waals surface area contributed by atoms with Crippen LogP contribution in [0.1, 0.15) is 100 Å². The number of carbonyl (C=O) groups is 2. The van der Waals surface area contributed by atoms with E-state index in [-0.39, 0.29) is 46.3 Å². The zero-order chi connectivity index (χ0) is 27.7. The number of phenols is 1. The van der Waals surface area contributed by atoms with Crippen molar-refractivity contribution >= 4 is 11.8 Å². The van der Waals surface area contributed by atoms with Gasteiger partial charge in [0.1, 0.15) is 5.75 Å². The number of hydrogen-bond acceptors (Lipinski definition) is 3. The molecule has 0 aromatic heterocycles. The molecule has 0 spiro atoms. The zero-order valence-electron chi connectivity index (χ0n) is 24.4. The molecule has 2 saturated carbocycles. The normalized spacial score (nSPS) is 37.1. The fourth-order valence-corrected chi connectivity index (χ4v) is 9.77. The van der Waals surface area contributed by atoms with Crippen molar-refractivity contribution in [2.45, 2.75) is 103 Å². The zero-order valence-corrected chi connectivity index (χ0v) is 24.4. The molecule has 2 aromatic rings. The molecule has 0 radical (unpaired) electrons. The van der Waals surface area contributed by atoms with Crippen molar-refractivity contribution < 1.29 is 14.7 Å².